The zero-order chi connectivity index (χ0) is 26.8. The fraction of sp³-hybridized carbons (Fsp3) is 0.258. The predicted molar refractivity (Wildman–Crippen MR) is 181 cm³/mol. The molecule has 1 saturated heterocycles. The molecule has 6 rings (SSSR count). The Morgan fingerprint density at radius 1 is 0.814 bits per heavy atom. The van der Waals surface area contributed by atoms with Crippen molar-refractivity contribution >= 4 is 77.2 Å². The van der Waals surface area contributed by atoms with E-state index in [9.17, 15) is 4.79 Å². The molecule has 0 atom stereocenters. The van der Waals surface area contributed by atoms with E-state index in [1.807, 2.05) is 60.7 Å². The van der Waals surface area contributed by atoms with E-state index in [2.05, 4.69) is 26.5 Å². The number of rotatable bonds is 7. The molecule has 2 aromatic heterocycles. The van der Waals surface area contributed by atoms with E-state index in [4.69, 9.17) is 13.9 Å². The van der Waals surface area contributed by atoms with Gasteiger partial charge in [0.1, 0.15) is 22.8 Å². The minimum atomic E-state index is -0.323. The maximum absolute atomic E-state index is 11.5. The molecular formula is C31H34Cl4N4O4. The van der Waals surface area contributed by atoms with Gasteiger partial charge in [-0.3, -0.25) is 4.90 Å². The quantitative estimate of drug-likeness (QED) is 0.183. The van der Waals surface area contributed by atoms with Crippen LogP contribution in [0, 0.1) is 0 Å². The van der Waals surface area contributed by atoms with Crippen LogP contribution in [-0.2, 0) is 6.54 Å². The summed E-state index contributed by atoms with van der Waals surface area (Å²) >= 11 is 0. The minimum Gasteiger partial charge on any atom is -0.497 e. The van der Waals surface area contributed by atoms with E-state index in [0.29, 0.717) is 11.6 Å². The maximum atomic E-state index is 11.5. The highest BCUT2D eigenvalue weighted by atomic mass is 35.5. The van der Waals surface area contributed by atoms with Gasteiger partial charge in [0.25, 0.3) is 0 Å². The van der Waals surface area contributed by atoms with Crippen molar-refractivity contribution in [3.05, 3.63) is 88.8 Å². The molecule has 1 N–H and O–H groups in total. The van der Waals surface area contributed by atoms with Gasteiger partial charge in [-0.15, -0.1) is 59.8 Å². The molecule has 0 spiro atoms. The maximum Gasteiger partial charge on any atom is 0.336 e. The van der Waals surface area contributed by atoms with Gasteiger partial charge in [-0.1, -0.05) is 6.07 Å². The highest BCUT2D eigenvalue weighted by Gasteiger charge is 2.21. The Kier molecular flexibility index (Phi) is 13.4. The molecule has 1 aliphatic rings. The molecule has 12 heteroatoms. The van der Waals surface area contributed by atoms with Gasteiger partial charge in [-0.25, -0.2) is 4.79 Å². The smallest absolute Gasteiger partial charge is 0.336 e. The molecule has 1 fully saturated rings. The number of ether oxygens (including phenoxy) is 2. The van der Waals surface area contributed by atoms with Crippen molar-refractivity contribution in [1.82, 2.24) is 15.1 Å². The van der Waals surface area contributed by atoms with Crippen LogP contribution < -0.4 is 20.4 Å². The van der Waals surface area contributed by atoms with Gasteiger partial charge in [0.05, 0.1) is 14.2 Å². The van der Waals surface area contributed by atoms with Crippen LogP contribution in [0.25, 0.3) is 33.0 Å². The van der Waals surface area contributed by atoms with E-state index < -0.39 is 0 Å². The highest BCUT2D eigenvalue weighted by Crippen LogP contribution is 2.34. The van der Waals surface area contributed by atoms with Gasteiger partial charge in [0, 0.05) is 53.5 Å². The topological polar surface area (TPSA) is 89.7 Å². The number of likely N-dealkylation sites (tertiary alicyclic amines) is 1. The molecule has 0 radical (unpaired) electrons. The SMILES string of the molecule is COc1ccc(-c2nnc(NC3CCN(Cc4ccc5oc(=O)ccc5c4)CC3)c3cc(OC)ccc23)cc1.Cl.Cl.Cl.Cl. The number of aromatic nitrogens is 2. The fourth-order valence-electron chi connectivity index (χ4n) is 5.24. The van der Waals surface area contributed by atoms with E-state index in [1.54, 1.807) is 14.2 Å². The van der Waals surface area contributed by atoms with Crippen molar-refractivity contribution in [3.8, 4) is 22.8 Å². The minimum absolute atomic E-state index is 0. The third kappa shape index (κ3) is 8.02. The summed E-state index contributed by atoms with van der Waals surface area (Å²) in [6, 6.07) is 23.5. The average molecular weight is 668 g/mol. The van der Waals surface area contributed by atoms with Gasteiger partial charge in [0.2, 0.25) is 0 Å². The second kappa shape index (κ2) is 16.0. The molecule has 0 saturated carbocycles. The van der Waals surface area contributed by atoms with Crippen LogP contribution in [-0.4, -0.2) is 48.4 Å². The molecule has 230 valence electrons. The normalized spacial score (nSPS) is 13.2. The summed E-state index contributed by atoms with van der Waals surface area (Å²) in [5, 5.41) is 15.9. The first-order valence-electron chi connectivity index (χ1n) is 13.1. The van der Waals surface area contributed by atoms with E-state index >= 15 is 0 Å². The number of nitrogens with zero attached hydrogens (tertiary/aromatic N) is 3. The third-order valence-corrected chi connectivity index (χ3v) is 7.37. The van der Waals surface area contributed by atoms with Crippen LogP contribution in [0.4, 0.5) is 5.82 Å². The lowest BCUT2D eigenvalue weighted by atomic mass is 10.0. The van der Waals surface area contributed by atoms with E-state index in [1.165, 1.54) is 11.6 Å². The molecule has 3 aromatic carbocycles. The summed E-state index contributed by atoms with van der Waals surface area (Å²) in [7, 11) is 3.33. The first-order valence-corrected chi connectivity index (χ1v) is 13.1. The fourth-order valence-corrected chi connectivity index (χ4v) is 5.24. The van der Waals surface area contributed by atoms with E-state index in [0.717, 1.165) is 77.2 Å². The Hall–Kier alpha value is -3.27. The first kappa shape index (κ1) is 35.9. The number of nitrogens with one attached hydrogen (secondary N) is 1. The second-order valence-corrected chi connectivity index (χ2v) is 9.86. The molecule has 1 aliphatic heterocycles. The van der Waals surface area contributed by atoms with Crippen molar-refractivity contribution in [1.29, 1.82) is 0 Å². The van der Waals surface area contributed by atoms with Crippen LogP contribution in [0.3, 0.4) is 0 Å². The summed E-state index contributed by atoms with van der Waals surface area (Å²) in [6.07, 6.45) is 1.99. The number of benzene rings is 3. The van der Waals surface area contributed by atoms with Crippen molar-refractivity contribution in [3.63, 3.8) is 0 Å². The van der Waals surface area contributed by atoms with Crippen molar-refractivity contribution in [2.45, 2.75) is 25.4 Å². The number of anilines is 1. The highest BCUT2D eigenvalue weighted by molar-refractivity contribution is 6.00. The Labute approximate surface area is 274 Å². The van der Waals surface area contributed by atoms with Crippen molar-refractivity contribution in [2.75, 3.05) is 32.6 Å². The Balaban J connectivity index is 0.00000161. The Bertz CT molecular complexity index is 1690. The second-order valence-electron chi connectivity index (χ2n) is 9.86. The van der Waals surface area contributed by atoms with Crippen molar-refractivity contribution in [2.24, 2.45) is 0 Å². The molecule has 3 heterocycles. The standard InChI is InChI=1S/C31H30N4O4.4ClH/c1-37-24-7-4-21(5-8-24)30-26-10-9-25(38-2)18-27(26)31(34-33-30)32-23-13-15-35(16-14-23)19-20-3-11-28-22(17-20)6-12-29(36)39-28;;;;/h3-12,17-18,23H,13-16,19H2,1-2H3,(H,32,34);4*1H. The zero-order valence-electron chi connectivity index (χ0n) is 23.6. The first-order chi connectivity index (χ1) is 19.1. The molecule has 43 heavy (non-hydrogen) atoms. The van der Waals surface area contributed by atoms with Gasteiger partial charge < -0.3 is 19.2 Å². The number of fused-ring (bicyclic) bond motifs is 2. The molecule has 0 amide bonds. The molecular weight excluding hydrogens is 634 g/mol. The lowest BCUT2D eigenvalue weighted by Gasteiger charge is -2.32. The summed E-state index contributed by atoms with van der Waals surface area (Å²) in [6.45, 7) is 2.80. The third-order valence-electron chi connectivity index (χ3n) is 7.37. The Morgan fingerprint density at radius 2 is 1.51 bits per heavy atom. The van der Waals surface area contributed by atoms with Gasteiger partial charge >= 0.3 is 5.63 Å². The predicted octanol–water partition coefficient (Wildman–Crippen LogP) is 7.18. The lowest BCUT2D eigenvalue weighted by molar-refractivity contribution is 0.211. The van der Waals surface area contributed by atoms with Crippen LogP contribution in [0.15, 0.2) is 82.0 Å². The number of methoxy groups -OCH3 is 2. The summed E-state index contributed by atoms with van der Waals surface area (Å²) in [5.41, 5.74) is 3.31. The summed E-state index contributed by atoms with van der Waals surface area (Å²) in [4.78, 5) is 13.9. The number of piperidine rings is 1. The van der Waals surface area contributed by atoms with Crippen LogP contribution in [0.5, 0.6) is 11.5 Å². The van der Waals surface area contributed by atoms with E-state index in [-0.39, 0.29) is 55.3 Å². The zero-order valence-corrected chi connectivity index (χ0v) is 26.9. The Morgan fingerprint density at radius 3 is 2.21 bits per heavy atom. The van der Waals surface area contributed by atoms with Crippen LogP contribution in [0.2, 0.25) is 0 Å². The summed E-state index contributed by atoms with van der Waals surface area (Å²) in [5.74, 6) is 2.36. The molecule has 0 unspecified atom stereocenters. The van der Waals surface area contributed by atoms with Crippen LogP contribution >= 0.6 is 49.6 Å². The molecule has 0 bridgehead atoms. The number of halogens is 4. The lowest BCUT2D eigenvalue weighted by Crippen LogP contribution is -2.38. The molecule has 8 nitrogen and oxygen atoms in total. The van der Waals surface area contributed by atoms with Gasteiger partial charge in [-0.05, 0) is 79.1 Å². The molecule has 5 aromatic rings. The number of hydrogen-bond acceptors (Lipinski definition) is 8. The number of hydrogen-bond donors (Lipinski definition) is 1. The van der Waals surface area contributed by atoms with Crippen LogP contribution in [0.1, 0.15) is 18.4 Å². The summed E-state index contributed by atoms with van der Waals surface area (Å²) < 4.78 is 16.1. The average Bonchev–Trinajstić information content (AvgIpc) is 2.98. The monoisotopic (exact) mass is 666 g/mol. The van der Waals surface area contributed by atoms with Gasteiger partial charge in [0.15, 0.2) is 5.82 Å². The van der Waals surface area contributed by atoms with Gasteiger partial charge in [-0.2, -0.15) is 0 Å². The van der Waals surface area contributed by atoms with Crippen molar-refractivity contribution < 1.29 is 13.9 Å². The largest absolute Gasteiger partial charge is 0.497 e. The molecule has 0 aliphatic carbocycles.